The van der Waals surface area contributed by atoms with E-state index in [1.165, 1.54) is 11.8 Å². The number of amides is 1. The summed E-state index contributed by atoms with van der Waals surface area (Å²) in [6.45, 7) is 7.80. The largest absolute Gasteiger partial charge is 0.311 e. The van der Waals surface area contributed by atoms with Crippen LogP contribution in [0.5, 0.6) is 0 Å². The molecule has 0 spiro atoms. The molecule has 0 atom stereocenters. The number of hydrogen-bond donors (Lipinski definition) is 1. The molecule has 0 aliphatic rings. The molecule has 0 radical (unpaired) electrons. The van der Waals surface area contributed by atoms with Crippen LogP contribution in [0.3, 0.4) is 0 Å². The van der Waals surface area contributed by atoms with Gasteiger partial charge >= 0.3 is 0 Å². The molecule has 1 amide bonds. The Hall–Kier alpha value is -2.69. The van der Waals surface area contributed by atoms with Gasteiger partial charge in [-0.05, 0) is 41.3 Å². The molecular formula is C21H25N3O3S. The third-order valence-electron chi connectivity index (χ3n) is 4.33. The van der Waals surface area contributed by atoms with Gasteiger partial charge in [-0.2, -0.15) is 5.26 Å². The molecule has 1 N–H and O–H groups in total. The second-order valence-electron chi connectivity index (χ2n) is 7.50. The molecule has 0 aromatic heterocycles. The third kappa shape index (κ3) is 5.41. The van der Waals surface area contributed by atoms with Crippen molar-refractivity contribution in [2.75, 3.05) is 18.0 Å². The zero-order chi connectivity index (χ0) is 20.9. The summed E-state index contributed by atoms with van der Waals surface area (Å²) in [5.41, 5.74) is 1.98. The minimum absolute atomic E-state index is 0.0553. The summed E-state index contributed by atoms with van der Waals surface area (Å²) in [6, 6.07) is 15.5. The monoisotopic (exact) mass is 399 g/mol. The molecule has 0 aliphatic carbocycles. The second-order valence-corrected chi connectivity index (χ2v) is 9.27. The van der Waals surface area contributed by atoms with Crippen molar-refractivity contribution in [3.63, 3.8) is 0 Å². The summed E-state index contributed by atoms with van der Waals surface area (Å²) in [6.07, 6.45) is 0. The molecule has 0 aliphatic heterocycles. The SMILES string of the molecule is CC(=O)N(CCNS(=O)(=O)c1ccc(C(C)(C)C)cc1)c1cccc(C#N)c1. The predicted molar refractivity (Wildman–Crippen MR) is 110 cm³/mol. The Balaban J connectivity index is 2.08. The lowest BCUT2D eigenvalue weighted by Crippen LogP contribution is -2.37. The Kier molecular flexibility index (Phi) is 6.60. The molecule has 7 heteroatoms. The van der Waals surface area contributed by atoms with Crippen LogP contribution in [0, 0.1) is 11.3 Å². The molecule has 28 heavy (non-hydrogen) atoms. The molecule has 2 rings (SSSR count). The fourth-order valence-corrected chi connectivity index (χ4v) is 3.74. The quantitative estimate of drug-likeness (QED) is 0.808. The summed E-state index contributed by atoms with van der Waals surface area (Å²) in [4.78, 5) is 13.6. The molecule has 6 nitrogen and oxygen atoms in total. The van der Waals surface area contributed by atoms with Gasteiger partial charge in [0.2, 0.25) is 15.9 Å². The van der Waals surface area contributed by atoms with Crippen molar-refractivity contribution in [1.82, 2.24) is 4.72 Å². The van der Waals surface area contributed by atoms with Crippen molar-refractivity contribution >= 4 is 21.6 Å². The van der Waals surface area contributed by atoms with Crippen molar-refractivity contribution in [3.8, 4) is 6.07 Å². The molecular weight excluding hydrogens is 374 g/mol. The zero-order valence-corrected chi connectivity index (χ0v) is 17.4. The number of nitrogens with one attached hydrogen (secondary N) is 1. The molecule has 0 saturated carbocycles. The highest BCUT2D eigenvalue weighted by molar-refractivity contribution is 7.89. The first-order valence-electron chi connectivity index (χ1n) is 8.93. The van der Waals surface area contributed by atoms with Gasteiger partial charge in [-0.3, -0.25) is 4.79 Å². The number of carbonyl (C=O) groups is 1. The van der Waals surface area contributed by atoms with E-state index in [4.69, 9.17) is 5.26 Å². The zero-order valence-electron chi connectivity index (χ0n) is 16.6. The number of rotatable bonds is 6. The Bertz CT molecular complexity index is 985. The summed E-state index contributed by atoms with van der Waals surface area (Å²) < 4.78 is 27.6. The number of nitrogens with zero attached hydrogens (tertiary/aromatic N) is 2. The van der Waals surface area contributed by atoms with Gasteiger partial charge in [0.05, 0.1) is 16.5 Å². The number of benzene rings is 2. The van der Waals surface area contributed by atoms with Crippen molar-refractivity contribution in [1.29, 1.82) is 5.26 Å². The molecule has 0 unspecified atom stereocenters. The fraction of sp³-hybridized carbons (Fsp3) is 0.333. The van der Waals surface area contributed by atoms with E-state index in [0.29, 0.717) is 11.3 Å². The fourth-order valence-electron chi connectivity index (χ4n) is 2.72. The second kappa shape index (κ2) is 8.55. The Morgan fingerprint density at radius 3 is 2.32 bits per heavy atom. The van der Waals surface area contributed by atoms with E-state index in [1.54, 1.807) is 36.4 Å². The van der Waals surface area contributed by atoms with Crippen molar-refractivity contribution in [2.24, 2.45) is 0 Å². The lowest BCUT2D eigenvalue weighted by atomic mass is 9.87. The maximum atomic E-state index is 12.5. The van der Waals surface area contributed by atoms with Gasteiger partial charge in [-0.1, -0.05) is 39.0 Å². The van der Waals surface area contributed by atoms with Crippen LogP contribution in [0.1, 0.15) is 38.8 Å². The summed E-state index contributed by atoms with van der Waals surface area (Å²) in [5, 5.41) is 9.02. The average Bonchev–Trinajstić information content (AvgIpc) is 2.64. The summed E-state index contributed by atoms with van der Waals surface area (Å²) in [7, 11) is -3.68. The number of sulfonamides is 1. The van der Waals surface area contributed by atoms with Crippen LogP contribution in [0.25, 0.3) is 0 Å². The van der Waals surface area contributed by atoms with Crippen LogP contribution in [0.15, 0.2) is 53.4 Å². The van der Waals surface area contributed by atoms with Crippen molar-refractivity contribution < 1.29 is 13.2 Å². The Morgan fingerprint density at radius 2 is 1.79 bits per heavy atom. The number of anilines is 1. The van der Waals surface area contributed by atoms with Crippen molar-refractivity contribution in [2.45, 2.75) is 38.0 Å². The van der Waals surface area contributed by atoms with Gasteiger partial charge in [0, 0.05) is 25.7 Å². The topological polar surface area (TPSA) is 90.3 Å². The van der Waals surface area contributed by atoms with Crippen LogP contribution in [-0.2, 0) is 20.2 Å². The third-order valence-corrected chi connectivity index (χ3v) is 5.80. The van der Waals surface area contributed by atoms with E-state index in [0.717, 1.165) is 5.56 Å². The lowest BCUT2D eigenvalue weighted by Gasteiger charge is -2.22. The van der Waals surface area contributed by atoms with Crippen LogP contribution >= 0.6 is 0 Å². The van der Waals surface area contributed by atoms with Crippen LogP contribution in [-0.4, -0.2) is 27.4 Å². The van der Waals surface area contributed by atoms with Crippen molar-refractivity contribution in [3.05, 3.63) is 59.7 Å². The first-order valence-corrected chi connectivity index (χ1v) is 10.4. The van der Waals surface area contributed by atoms with Gasteiger partial charge in [0.15, 0.2) is 0 Å². The standard InChI is InChI=1S/C21H25N3O3S/c1-16(25)24(19-7-5-6-17(14-19)15-22)13-12-23-28(26,27)20-10-8-18(9-11-20)21(2,3)4/h5-11,14,23H,12-13H2,1-4H3. The number of carbonyl (C=O) groups excluding carboxylic acids is 1. The van der Waals surface area contributed by atoms with E-state index in [-0.39, 0.29) is 29.3 Å². The Morgan fingerprint density at radius 1 is 1.14 bits per heavy atom. The highest BCUT2D eigenvalue weighted by Gasteiger charge is 2.18. The van der Waals surface area contributed by atoms with Crippen LogP contribution in [0.4, 0.5) is 5.69 Å². The highest BCUT2D eigenvalue weighted by atomic mass is 32.2. The maximum absolute atomic E-state index is 12.5. The minimum atomic E-state index is -3.68. The first kappa shape index (κ1) is 21.6. The molecule has 0 heterocycles. The molecule has 0 saturated heterocycles. The van der Waals surface area contributed by atoms with Crippen LogP contribution < -0.4 is 9.62 Å². The molecule has 0 fully saturated rings. The van der Waals surface area contributed by atoms with Gasteiger partial charge in [0.1, 0.15) is 0 Å². The van der Waals surface area contributed by atoms with Gasteiger partial charge < -0.3 is 4.90 Å². The number of hydrogen-bond acceptors (Lipinski definition) is 4. The highest BCUT2D eigenvalue weighted by Crippen LogP contribution is 2.23. The number of nitriles is 1. The van der Waals surface area contributed by atoms with E-state index in [9.17, 15) is 13.2 Å². The predicted octanol–water partition coefficient (Wildman–Crippen LogP) is 3.19. The molecule has 0 bridgehead atoms. The van der Waals surface area contributed by atoms with Gasteiger partial charge in [-0.15, -0.1) is 0 Å². The molecule has 2 aromatic carbocycles. The molecule has 2 aromatic rings. The average molecular weight is 400 g/mol. The Labute approximate surface area is 166 Å². The van der Waals surface area contributed by atoms with E-state index < -0.39 is 10.0 Å². The normalized spacial score (nSPS) is 11.7. The summed E-state index contributed by atoms with van der Waals surface area (Å²) >= 11 is 0. The van der Waals surface area contributed by atoms with E-state index in [1.807, 2.05) is 18.2 Å². The minimum Gasteiger partial charge on any atom is -0.311 e. The van der Waals surface area contributed by atoms with Gasteiger partial charge in [-0.25, -0.2) is 13.1 Å². The smallest absolute Gasteiger partial charge is 0.240 e. The molecule has 148 valence electrons. The van der Waals surface area contributed by atoms with Crippen LogP contribution in [0.2, 0.25) is 0 Å². The van der Waals surface area contributed by atoms with Gasteiger partial charge in [0.25, 0.3) is 0 Å². The van der Waals surface area contributed by atoms with E-state index >= 15 is 0 Å². The lowest BCUT2D eigenvalue weighted by molar-refractivity contribution is -0.116. The first-order chi connectivity index (χ1) is 13.0. The summed E-state index contributed by atoms with van der Waals surface area (Å²) in [5.74, 6) is -0.233. The van der Waals surface area contributed by atoms with E-state index in [2.05, 4.69) is 25.5 Å². The maximum Gasteiger partial charge on any atom is 0.240 e.